The zero-order chi connectivity index (χ0) is 18.5. The van der Waals surface area contributed by atoms with Crippen molar-refractivity contribution in [3.05, 3.63) is 63.2 Å². The Balaban J connectivity index is 1.66. The lowest BCUT2D eigenvalue weighted by atomic mass is 10.1. The molecule has 0 atom stereocenters. The van der Waals surface area contributed by atoms with Crippen LogP contribution in [0.5, 0.6) is 11.5 Å². The third kappa shape index (κ3) is 3.97. The molecule has 1 N–H and O–H groups in total. The molecular formula is C18H17N3O5. The minimum absolute atomic E-state index is 0.0145. The molecule has 2 aromatic rings. The Morgan fingerprint density at radius 1 is 1.23 bits per heavy atom. The van der Waals surface area contributed by atoms with Crippen molar-refractivity contribution in [2.24, 2.45) is 5.10 Å². The standard InChI is InChI=1S/C18H17N3O5/c1-2-12-3-5-13(6-4-12)7-18(22)20-19-10-14-8-16-17(26-11-25-16)9-15(14)21(23)24/h3-6,8-10H,2,7,11H2,1H3,(H,20,22)/b19-10-. The second-order valence-electron chi connectivity index (χ2n) is 5.66. The van der Waals surface area contributed by atoms with Crippen LogP contribution in [0.4, 0.5) is 5.69 Å². The number of benzene rings is 2. The van der Waals surface area contributed by atoms with Gasteiger partial charge >= 0.3 is 0 Å². The number of hydrazone groups is 1. The number of hydrogen-bond donors (Lipinski definition) is 1. The highest BCUT2D eigenvalue weighted by molar-refractivity contribution is 5.88. The van der Waals surface area contributed by atoms with E-state index in [2.05, 4.69) is 17.5 Å². The minimum Gasteiger partial charge on any atom is -0.454 e. The monoisotopic (exact) mass is 355 g/mol. The number of amides is 1. The van der Waals surface area contributed by atoms with Crippen molar-refractivity contribution < 1.29 is 19.2 Å². The number of aryl methyl sites for hydroxylation is 1. The predicted molar refractivity (Wildman–Crippen MR) is 94.5 cm³/mol. The van der Waals surface area contributed by atoms with Gasteiger partial charge < -0.3 is 9.47 Å². The first-order chi connectivity index (χ1) is 12.6. The Morgan fingerprint density at radius 3 is 2.54 bits per heavy atom. The van der Waals surface area contributed by atoms with Gasteiger partial charge in [-0.3, -0.25) is 14.9 Å². The zero-order valence-electron chi connectivity index (χ0n) is 14.1. The van der Waals surface area contributed by atoms with E-state index >= 15 is 0 Å². The Hall–Kier alpha value is -3.42. The summed E-state index contributed by atoms with van der Waals surface area (Å²) in [5.41, 5.74) is 4.48. The summed E-state index contributed by atoms with van der Waals surface area (Å²) in [7, 11) is 0. The topological polar surface area (TPSA) is 103 Å². The first-order valence-corrected chi connectivity index (χ1v) is 8.04. The fraction of sp³-hybridized carbons (Fsp3) is 0.222. The maximum Gasteiger partial charge on any atom is 0.282 e. The van der Waals surface area contributed by atoms with Crippen LogP contribution in [0.25, 0.3) is 0 Å². The van der Waals surface area contributed by atoms with E-state index in [0.29, 0.717) is 11.5 Å². The molecule has 1 heterocycles. The number of ether oxygens (including phenoxy) is 2. The summed E-state index contributed by atoms with van der Waals surface area (Å²) in [6, 6.07) is 10.5. The lowest BCUT2D eigenvalue weighted by molar-refractivity contribution is -0.385. The highest BCUT2D eigenvalue weighted by atomic mass is 16.7. The molecule has 0 aromatic heterocycles. The summed E-state index contributed by atoms with van der Waals surface area (Å²) in [4.78, 5) is 22.6. The summed E-state index contributed by atoms with van der Waals surface area (Å²) in [5, 5.41) is 15.0. The first-order valence-electron chi connectivity index (χ1n) is 8.04. The van der Waals surface area contributed by atoms with Gasteiger partial charge in [-0.05, 0) is 23.6 Å². The third-order valence-corrected chi connectivity index (χ3v) is 3.91. The average Bonchev–Trinajstić information content (AvgIpc) is 3.09. The van der Waals surface area contributed by atoms with Crippen LogP contribution in [-0.2, 0) is 17.6 Å². The van der Waals surface area contributed by atoms with E-state index < -0.39 is 4.92 Å². The van der Waals surface area contributed by atoms with Gasteiger partial charge in [0, 0.05) is 0 Å². The molecule has 0 bridgehead atoms. The van der Waals surface area contributed by atoms with E-state index in [1.54, 1.807) is 0 Å². The number of hydrogen-bond acceptors (Lipinski definition) is 6. The van der Waals surface area contributed by atoms with Gasteiger partial charge in [-0.25, -0.2) is 5.43 Å². The van der Waals surface area contributed by atoms with Gasteiger partial charge in [0.1, 0.15) is 0 Å². The average molecular weight is 355 g/mol. The van der Waals surface area contributed by atoms with Crippen LogP contribution in [-0.4, -0.2) is 23.8 Å². The molecule has 2 aromatic carbocycles. The molecule has 1 aliphatic rings. The normalized spacial score (nSPS) is 12.3. The molecule has 0 spiro atoms. The molecule has 0 fully saturated rings. The molecule has 26 heavy (non-hydrogen) atoms. The smallest absolute Gasteiger partial charge is 0.282 e. The summed E-state index contributed by atoms with van der Waals surface area (Å²) in [6.45, 7) is 2.08. The van der Waals surface area contributed by atoms with E-state index in [-0.39, 0.29) is 30.4 Å². The van der Waals surface area contributed by atoms with Gasteiger partial charge in [-0.1, -0.05) is 31.2 Å². The number of nitro groups is 1. The van der Waals surface area contributed by atoms with Crippen molar-refractivity contribution >= 4 is 17.8 Å². The van der Waals surface area contributed by atoms with Crippen LogP contribution in [0.2, 0.25) is 0 Å². The van der Waals surface area contributed by atoms with Gasteiger partial charge in [0.05, 0.1) is 29.2 Å². The number of carbonyl (C=O) groups excluding carboxylic acids is 1. The number of nitro benzene ring substituents is 1. The number of nitrogens with one attached hydrogen (secondary N) is 1. The molecule has 134 valence electrons. The van der Waals surface area contributed by atoms with Crippen LogP contribution >= 0.6 is 0 Å². The number of rotatable bonds is 6. The van der Waals surface area contributed by atoms with Gasteiger partial charge in [0.15, 0.2) is 11.5 Å². The van der Waals surface area contributed by atoms with E-state index in [1.807, 2.05) is 24.3 Å². The van der Waals surface area contributed by atoms with Crippen molar-refractivity contribution in [1.29, 1.82) is 0 Å². The molecular weight excluding hydrogens is 338 g/mol. The van der Waals surface area contributed by atoms with Gasteiger partial charge in [-0.15, -0.1) is 0 Å². The van der Waals surface area contributed by atoms with Crippen LogP contribution in [0.3, 0.4) is 0 Å². The lowest BCUT2D eigenvalue weighted by Gasteiger charge is -2.03. The fourth-order valence-electron chi connectivity index (χ4n) is 2.50. The molecule has 0 radical (unpaired) electrons. The molecule has 8 heteroatoms. The molecule has 0 aliphatic carbocycles. The van der Waals surface area contributed by atoms with Crippen LogP contribution in [0.15, 0.2) is 41.5 Å². The summed E-state index contributed by atoms with van der Waals surface area (Å²) < 4.78 is 10.3. The van der Waals surface area contributed by atoms with Gasteiger partial charge in [-0.2, -0.15) is 5.10 Å². The molecule has 1 aliphatic heterocycles. The molecule has 8 nitrogen and oxygen atoms in total. The highest BCUT2D eigenvalue weighted by Crippen LogP contribution is 2.37. The van der Waals surface area contributed by atoms with E-state index in [4.69, 9.17) is 9.47 Å². The molecule has 0 unspecified atom stereocenters. The fourth-order valence-corrected chi connectivity index (χ4v) is 2.50. The Kier molecular flexibility index (Phi) is 5.12. The van der Waals surface area contributed by atoms with Crippen molar-refractivity contribution in [1.82, 2.24) is 5.43 Å². The van der Waals surface area contributed by atoms with Gasteiger partial charge in [0.25, 0.3) is 5.69 Å². The van der Waals surface area contributed by atoms with E-state index in [1.165, 1.54) is 23.9 Å². The second-order valence-corrected chi connectivity index (χ2v) is 5.66. The molecule has 3 rings (SSSR count). The largest absolute Gasteiger partial charge is 0.454 e. The molecule has 0 saturated carbocycles. The van der Waals surface area contributed by atoms with Crippen LogP contribution < -0.4 is 14.9 Å². The SMILES string of the molecule is CCc1ccc(CC(=O)N/N=C\c2cc3c(cc2[N+](=O)[O-])OCO3)cc1. The lowest BCUT2D eigenvalue weighted by Crippen LogP contribution is -2.19. The third-order valence-electron chi connectivity index (χ3n) is 3.91. The summed E-state index contributed by atoms with van der Waals surface area (Å²) in [5.74, 6) is 0.404. The van der Waals surface area contributed by atoms with Crippen molar-refractivity contribution in [2.75, 3.05) is 6.79 Å². The van der Waals surface area contributed by atoms with Crippen LogP contribution in [0.1, 0.15) is 23.6 Å². The number of nitrogens with zero attached hydrogens (tertiary/aromatic N) is 2. The molecule has 0 saturated heterocycles. The first kappa shape index (κ1) is 17.4. The van der Waals surface area contributed by atoms with Crippen molar-refractivity contribution in [2.45, 2.75) is 19.8 Å². The Morgan fingerprint density at radius 2 is 1.88 bits per heavy atom. The van der Waals surface area contributed by atoms with E-state index in [9.17, 15) is 14.9 Å². The van der Waals surface area contributed by atoms with Gasteiger partial charge in [0.2, 0.25) is 12.7 Å². The Labute approximate surface area is 149 Å². The van der Waals surface area contributed by atoms with E-state index in [0.717, 1.165) is 12.0 Å². The minimum atomic E-state index is -0.541. The number of carbonyl (C=O) groups is 1. The second kappa shape index (κ2) is 7.64. The Bertz CT molecular complexity index is 862. The maximum atomic E-state index is 12.0. The quantitative estimate of drug-likeness (QED) is 0.487. The summed E-state index contributed by atoms with van der Waals surface area (Å²) >= 11 is 0. The number of fused-ring (bicyclic) bond motifs is 1. The molecule has 1 amide bonds. The highest BCUT2D eigenvalue weighted by Gasteiger charge is 2.22. The van der Waals surface area contributed by atoms with Crippen LogP contribution in [0, 0.1) is 10.1 Å². The van der Waals surface area contributed by atoms with Crippen molar-refractivity contribution in [3.8, 4) is 11.5 Å². The van der Waals surface area contributed by atoms with Crippen molar-refractivity contribution in [3.63, 3.8) is 0 Å². The predicted octanol–water partition coefficient (Wildman–Crippen LogP) is 2.58. The zero-order valence-corrected chi connectivity index (χ0v) is 14.1. The summed E-state index contributed by atoms with van der Waals surface area (Å²) in [6.07, 6.45) is 2.33. The maximum absolute atomic E-state index is 12.0.